The van der Waals surface area contributed by atoms with E-state index in [0.29, 0.717) is 10.9 Å². The van der Waals surface area contributed by atoms with E-state index in [0.717, 1.165) is 36.1 Å². The largest absolute Gasteiger partial charge is 0.331 e. The third kappa shape index (κ3) is 5.47. The summed E-state index contributed by atoms with van der Waals surface area (Å²) in [6, 6.07) is 14.8. The van der Waals surface area contributed by atoms with Gasteiger partial charge in [0.15, 0.2) is 0 Å². The van der Waals surface area contributed by atoms with Crippen molar-refractivity contribution in [2.75, 3.05) is 11.9 Å². The lowest BCUT2D eigenvalue weighted by molar-refractivity contribution is -0.115. The number of carbonyl (C=O) groups is 2. The van der Waals surface area contributed by atoms with Crippen LogP contribution in [0, 0.1) is 5.92 Å². The minimum atomic E-state index is -0.347. The molecule has 142 valence electrons. The number of aryl methyl sites for hydroxylation is 1. The standard InChI is InChI=1S/C21H24ClN3O2/c1-2-14-5-3-4-6-18(14)24-19(26)13-23-21(27)25-20(15-7-8-15)16-9-11-17(22)12-10-16/h3-6,9-12,15,20H,2,7-8,13H2,1H3,(H,24,26)(H2,23,25,27)/t20-/m1/s1. The summed E-state index contributed by atoms with van der Waals surface area (Å²) in [5.41, 5.74) is 2.87. The zero-order valence-electron chi connectivity index (χ0n) is 15.3. The molecule has 5 nitrogen and oxygen atoms in total. The minimum Gasteiger partial charge on any atom is -0.331 e. The topological polar surface area (TPSA) is 70.2 Å². The fourth-order valence-electron chi connectivity index (χ4n) is 3.07. The first-order valence-corrected chi connectivity index (χ1v) is 9.62. The van der Waals surface area contributed by atoms with E-state index < -0.39 is 0 Å². The predicted molar refractivity (Wildman–Crippen MR) is 108 cm³/mol. The number of anilines is 1. The average molecular weight is 386 g/mol. The molecule has 1 fully saturated rings. The van der Waals surface area contributed by atoms with Crippen LogP contribution in [0.25, 0.3) is 0 Å². The maximum atomic E-state index is 12.3. The maximum Gasteiger partial charge on any atom is 0.315 e. The Hall–Kier alpha value is -2.53. The number of carbonyl (C=O) groups excluding carboxylic acids is 2. The molecule has 0 saturated heterocycles. The van der Waals surface area contributed by atoms with Gasteiger partial charge in [-0.2, -0.15) is 0 Å². The molecule has 6 heteroatoms. The molecule has 0 bridgehead atoms. The summed E-state index contributed by atoms with van der Waals surface area (Å²) in [7, 11) is 0. The van der Waals surface area contributed by atoms with E-state index in [1.807, 2.05) is 55.5 Å². The smallest absolute Gasteiger partial charge is 0.315 e. The van der Waals surface area contributed by atoms with E-state index in [2.05, 4.69) is 16.0 Å². The number of nitrogens with one attached hydrogen (secondary N) is 3. The van der Waals surface area contributed by atoms with Crippen molar-refractivity contribution < 1.29 is 9.59 Å². The minimum absolute atomic E-state index is 0.0638. The molecule has 1 atom stereocenters. The van der Waals surface area contributed by atoms with Crippen LogP contribution in [0.3, 0.4) is 0 Å². The average Bonchev–Trinajstić information content (AvgIpc) is 3.51. The lowest BCUT2D eigenvalue weighted by Crippen LogP contribution is -2.42. The number of para-hydroxylation sites is 1. The van der Waals surface area contributed by atoms with Gasteiger partial charge in [-0.1, -0.05) is 48.9 Å². The van der Waals surface area contributed by atoms with Crippen LogP contribution in [0.5, 0.6) is 0 Å². The van der Waals surface area contributed by atoms with E-state index in [1.165, 1.54) is 0 Å². The number of halogens is 1. The normalized spacial score (nSPS) is 14.3. The van der Waals surface area contributed by atoms with E-state index >= 15 is 0 Å². The molecular weight excluding hydrogens is 362 g/mol. The molecule has 2 aromatic carbocycles. The molecular formula is C21H24ClN3O2. The summed E-state index contributed by atoms with van der Waals surface area (Å²) in [6.07, 6.45) is 3.00. The molecule has 27 heavy (non-hydrogen) atoms. The lowest BCUT2D eigenvalue weighted by Gasteiger charge is -2.19. The molecule has 1 saturated carbocycles. The van der Waals surface area contributed by atoms with Gasteiger partial charge in [0.05, 0.1) is 12.6 Å². The van der Waals surface area contributed by atoms with E-state index in [9.17, 15) is 9.59 Å². The van der Waals surface area contributed by atoms with Gasteiger partial charge < -0.3 is 16.0 Å². The van der Waals surface area contributed by atoms with Crippen molar-refractivity contribution in [3.63, 3.8) is 0 Å². The third-order valence-electron chi connectivity index (χ3n) is 4.69. The Labute approximate surface area is 164 Å². The van der Waals surface area contributed by atoms with E-state index in [-0.39, 0.29) is 24.5 Å². The summed E-state index contributed by atoms with van der Waals surface area (Å²) in [5, 5.41) is 9.15. The van der Waals surface area contributed by atoms with Crippen LogP contribution < -0.4 is 16.0 Å². The number of hydrogen-bond acceptors (Lipinski definition) is 2. The Morgan fingerprint density at radius 3 is 2.48 bits per heavy atom. The molecule has 1 aliphatic rings. The quantitative estimate of drug-likeness (QED) is 0.665. The van der Waals surface area contributed by atoms with Crippen molar-refractivity contribution in [3.8, 4) is 0 Å². The van der Waals surface area contributed by atoms with Crippen LogP contribution in [0.15, 0.2) is 48.5 Å². The highest BCUT2D eigenvalue weighted by Crippen LogP contribution is 2.41. The van der Waals surface area contributed by atoms with Crippen LogP contribution in [-0.2, 0) is 11.2 Å². The summed E-state index contributed by atoms with van der Waals surface area (Å²) >= 11 is 5.95. The Bertz CT molecular complexity index is 803. The van der Waals surface area contributed by atoms with Gasteiger partial charge in [0.2, 0.25) is 5.91 Å². The first kappa shape index (κ1) is 19.2. The molecule has 1 aliphatic carbocycles. The molecule has 3 rings (SSSR count). The highest BCUT2D eigenvalue weighted by molar-refractivity contribution is 6.30. The first-order chi connectivity index (χ1) is 13.1. The fraction of sp³-hybridized carbons (Fsp3) is 0.333. The zero-order chi connectivity index (χ0) is 19.2. The predicted octanol–water partition coefficient (Wildman–Crippen LogP) is 4.29. The molecule has 0 aromatic heterocycles. The molecule has 0 spiro atoms. The Balaban J connectivity index is 1.52. The van der Waals surface area contributed by atoms with Gasteiger partial charge in [-0.15, -0.1) is 0 Å². The summed E-state index contributed by atoms with van der Waals surface area (Å²) in [4.78, 5) is 24.4. The SMILES string of the molecule is CCc1ccccc1NC(=O)CNC(=O)N[C@@H](c1ccc(Cl)cc1)C1CC1. The van der Waals surface area contributed by atoms with Gasteiger partial charge >= 0.3 is 6.03 Å². The number of rotatable bonds is 7. The lowest BCUT2D eigenvalue weighted by atomic mass is 10.0. The summed E-state index contributed by atoms with van der Waals surface area (Å²) in [6.45, 7) is 1.95. The second-order valence-electron chi connectivity index (χ2n) is 6.75. The molecule has 3 N–H and O–H groups in total. The van der Waals surface area contributed by atoms with Crippen molar-refractivity contribution >= 4 is 29.2 Å². The van der Waals surface area contributed by atoms with E-state index in [1.54, 1.807) is 0 Å². The zero-order valence-corrected chi connectivity index (χ0v) is 16.1. The summed E-state index contributed by atoms with van der Waals surface area (Å²) in [5.74, 6) is 0.183. The summed E-state index contributed by atoms with van der Waals surface area (Å²) < 4.78 is 0. The second kappa shape index (κ2) is 8.91. The molecule has 0 unspecified atom stereocenters. The van der Waals surface area contributed by atoms with Crippen LogP contribution in [0.2, 0.25) is 5.02 Å². The van der Waals surface area contributed by atoms with Crippen LogP contribution in [0.1, 0.15) is 36.9 Å². The van der Waals surface area contributed by atoms with Gasteiger partial charge in [0.25, 0.3) is 0 Å². The van der Waals surface area contributed by atoms with Gasteiger partial charge in [-0.25, -0.2) is 4.79 Å². The van der Waals surface area contributed by atoms with Crippen LogP contribution in [0.4, 0.5) is 10.5 Å². The molecule has 0 aliphatic heterocycles. The van der Waals surface area contributed by atoms with Crippen molar-refractivity contribution in [1.82, 2.24) is 10.6 Å². The molecule has 2 aromatic rings. The highest BCUT2D eigenvalue weighted by atomic mass is 35.5. The molecule has 0 heterocycles. The Morgan fingerprint density at radius 2 is 1.81 bits per heavy atom. The van der Waals surface area contributed by atoms with Crippen molar-refractivity contribution in [2.45, 2.75) is 32.2 Å². The molecule has 3 amide bonds. The van der Waals surface area contributed by atoms with Crippen molar-refractivity contribution in [1.29, 1.82) is 0 Å². The van der Waals surface area contributed by atoms with Crippen molar-refractivity contribution in [2.24, 2.45) is 5.92 Å². The van der Waals surface area contributed by atoms with Crippen molar-refractivity contribution in [3.05, 3.63) is 64.7 Å². The highest BCUT2D eigenvalue weighted by Gasteiger charge is 2.33. The molecule has 0 radical (unpaired) electrons. The van der Waals surface area contributed by atoms with Gasteiger partial charge in [0, 0.05) is 10.7 Å². The first-order valence-electron chi connectivity index (χ1n) is 9.24. The second-order valence-corrected chi connectivity index (χ2v) is 7.19. The number of hydrogen-bond donors (Lipinski definition) is 3. The van der Waals surface area contributed by atoms with E-state index in [4.69, 9.17) is 11.6 Å². The van der Waals surface area contributed by atoms with Gasteiger partial charge in [-0.3, -0.25) is 4.79 Å². The number of benzene rings is 2. The number of urea groups is 1. The van der Waals surface area contributed by atoms with Gasteiger partial charge in [-0.05, 0) is 54.5 Å². The van der Waals surface area contributed by atoms with Gasteiger partial charge in [0.1, 0.15) is 0 Å². The third-order valence-corrected chi connectivity index (χ3v) is 4.94. The Morgan fingerprint density at radius 1 is 1.11 bits per heavy atom. The van der Waals surface area contributed by atoms with Crippen LogP contribution in [-0.4, -0.2) is 18.5 Å². The maximum absolute atomic E-state index is 12.3. The Kier molecular flexibility index (Phi) is 6.35. The van der Waals surface area contributed by atoms with Crippen LogP contribution >= 0.6 is 11.6 Å². The fourth-order valence-corrected chi connectivity index (χ4v) is 3.20. The monoisotopic (exact) mass is 385 g/mol. The number of amides is 3.